The molecule has 0 spiro atoms. The fourth-order valence-corrected chi connectivity index (χ4v) is 1.56. The Morgan fingerprint density at radius 2 is 2.00 bits per heavy atom. The number of hydrogen-bond acceptors (Lipinski definition) is 4. The molecule has 4 nitrogen and oxygen atoms in total. The van der Waals surface area contributed by atoms with Crippen LogP contribution in [-0.4, -0.2) is 24.9 Å². The Morgan fingerprint density at radius 1 is 1.33 bits per heavy atom. The molecule has 0 amide bonds. The van der Waals surface area contributed by atoms with Gasteiger partial charge in [0.25, 0.3) is 0 Å². The fraction of sp³-hybridized carbons (Fsp3) is 0.455. The van der Waals surface area contributed by atoms with E-state index in [-0.39, 0.29) is 0 Å². The molecule has 1 atom stereocenters. The minimum Gasteiger partial charge on any atom is -0.359 e. The van der Waals surface area contributed by atoms with Crippen LogP contribution in [0.25, 0.3) is 0 Å². The molecule has 1 aliphatic heterocycles. The lowest BCUT2D eigenvalue weighted by Gasteiger charge is -2.42. The summed E-state index contributed by atoms with van der Waals surface area (Å²) in [5.41, 5.74) is 0.612. The average Bonchev–Trinajstić information content (AvgIpc) is 2.16. The van der Waals surface area contributed by atoms with Gasteiger partial charge in [-0.1, -0.05) is 30.3 Å². The molecule has 1 saturated heterocycles. The van der Waals surface area contributed by atoms with E-state index in [0.29, 0.717) is 13.2 Å². The molecule has 0 radical (unpaired) electrons. The molecule has 2 rings (SSSR count). The number of methoxy groups -OCH3 is 1. The summed E-state index contributed by atoms with van der Waals surface area (Å²) in [6.07, 6.45) is 0.713. The van der Waals surface area contributed by atoms with Crippen molar-refractivity contribution in [2.24, 2.45) is 0 Å². The number of rotatable bonds is 4. The molecule has 0 N–H and O–H groups in total. The Morgan fingerprint density at radius 3 is 2.47 bits per heavy atom. The summed E-state index contributed by atoms with van der Waals surface area (Å²) >= 11 is 0. The predicted octanol–water partition coefficient (Wildman–Crippen LogP) is 1.73. The summed E-state index contributed by atoms with van der Waals surface area (Å²) in [6.45, 7) is 2.23. The molecule has 15 heavy (non-hydrogen) atoms. The number of benzene rings is 1. The molecule has 0 aliphatic carbocycles. The van der Waals surface area contributed by atoms with E-state index < -0.39 is 5.72 Å². The first-order valence-electron chi connectivity index (χ1n) is 4.90. The van der Waals surface area contributed by atoms with Crippen LogP contribution in [0, 0.1) is 0 Å². The number of hydroxylamine groups is 2. The second kappa shape index (κ2) is 4.28. The SMILES string of the molecule is COC(C)(Cc1ccccc1)N1OCO1. The smallest absolute Gasteiger partial charge is 0.193 e. The van der Waals surface area contributed by atoms with Gasteiger partial charge in [-0.15, -0.1) is 0 Å². The highest BCUT2D eigenvalue weighted by molar-refractivity contribution is 5.16. The van der Waals surface area contributed by atoms with E-state index in [2.05, 4.69) is 12.1 Å². The van der Waals surface area contributed by atoms with Crippen molar-refractivity contribution in [3.63, 3.8) is 0 Å². The van der Waals surface area contributed by atoms with Crippen molar-refractivity contribution in [1.29, 1.82) is 0 Å². The van der Waals surface area contributed by atoms with Crippen LogP contribution < -0.4 is 0 Å². The van der Waals surface area contributed by atoms with Gasteiger partial charge in [-0.25, -0.2) is 9.68 Å². The summed E-state index contributed by atoms with van der Waals surface area (Å²) in [6, 6.07) is 10.1. The van der Waals surface area contributed by atoms with Crippen LogP contribution in [-0.2, 0) is 20.8 Å². The Labute approximate surface area is 89.3 Å². The van der Waals surface area contributed by atoms with E-state index in [9.17, 15) is 0 Å². The molecule has 4 heteroatoms. The lowest BCUT2D eigenvalue weighted by Crippen LogP contribution is -2.55. The zero-order valence-corrected chi connectivity index (χ0v) is 8.97. The van der Waals surface area contributed by atoms with Crippen molar-refractivity contribution in [2.75, 3.05) is 13.9 Å². The second-order valence-electron chi connectivity index (χ2n) is 3.67. The van der Waals surface area contributed by atoms with Gasteiger partial charge in [0.1, 0.15) is 0 Å². The van der Waals surface area contributed by atoms with Crippen molar-refractivity contribution >= 4 is 0 Å². The Bertz CT molecular complexity index is 313. The van der Waals surface area contributed by atoms with E-state index in [1.54, 1.807) is 7.11 Å². The molecule has 0 bridgehead atoms. The largest absolute Gasteiger partial charge is 0.359 e. The van der Waals surface area contributed by atoms with Gasteiger partial charge in [-0.3, -0.25) is 0 Å². The molecule has 0 saturated carbocycles. The van der Waals surface area contributed by atoms with Gasteiger partial charge in [-0.05, 0) is 17.7 Å². The van der Waals surface area contributed by atoms with Crippen molar-refractivity contribution in [2.45, 2.75) is 19.1 Å². The third kappa shape index (κ3) is 2.18. The summed E-state index contributed by atoms with van der Waals surface area (Å²) in [7, 11) is 1.65. The van der Waals surface area contributed by atoms with Crippen LogP contribution in [0.4, 0.5) is 0 Å². The third-order valence-electron chi connectivity index (χ3n) is 2.54. The van der Waals surface area contributed by atoms with E-state index >= 15 is 0 Å². The first kappa shape index (κ1) is 10.6. The molecule has 1 aromatic rings. The van der Waals surface area contributed by atoms with E-state index in [1.807, 2.05) is 25.1 Å². The van der Waals surface area contributed by atoms with Crippen LogP contribution in [0.3, 0.4) is 0 Å². The minimum atomic E-state index is -0.570. The first-order chi connectivity index (χ1) is 7.24. The van der Waals surface area contributed by atoms with Crippen LogP contribution in [0.1, 0.15) is 12.5 Å². The molecular formula is C11H15NO3. The van der Waals surface area contributed by atoms with Gasteiger partial charge >= 0.3 is 0 Å². The Balaban J connectivity index is 2.07. The monoisotopic (exact) mass is 209 g/mol. The van der Waals surface area contributed by atoms with Crippen LogP contribution in [0.2, 0.25) is 0 Å². The average molecular weight is 209 g/mol. The number of nitrogens with zero attached hydrogens (tertiary/aromatic N) is 1. The molecule has 1 fully saturated rings. The quantitative estimate of drug-likeness (QED) is 0.755. The van der Waals surface area contributed by atoms with Gasteiger partial charge in [0.15, 0.2) is 12.5 Å². The highest BCUT2D eigenvalue weighted by Gasteiger charge is 2.39. The van der Waals surface area contributed by atoms with Gasteiger partial charge in [0, 0.05) is 13.5 Å². The van der Waals surface area contributed by atoms with E-state index in [4.69, 9.17) is 14.4 Å². The fourth-order valence-electron chi connectivity index (χ4n) is 1.56. The molecule has 82 valence electrons. The predicted molar refractivity (Wildman–Crippen MR) is 54.4 cm³/mol. The highest BCUT2D eigenvalue weighted by Crippen LogP contribution is 2.26. The second-order valence-corrected chi connectivity index (χ2v) is 3.67. The minimum absolute atomic E-state index is 0.299. The Kier molecular flexibility index (Phi) is 3.02. The molecule has 0 aromatic heterocycles. The normalized spacial score (nSPS) is 20.7. The van der Waals surface area contributed by atoms with Crippen LogP contribution in [0.5, 0.6) is 0 Å². The van der Waals surface area contributed by atoms with E-state index in [1.165, 1.54) is 10.8 Å². The molecule has 1 unspecified atom stereocenters. The summed E-state index contributed by atoms with van der Waals surface area (Å²) in [4.78, 5) is 10.3. The molecule has 1 aliphatic rings. The van der Waals surface area contributed by atoms with Gasteiger partial charge in [0.05, 0.1) is 0 Å². The van der Waals surface area contributed by atoms with Crippen molar-refractivity contribution in [3.8, 4) is 0 Å². The highest BCUT2D eigenvalue weighted by atomic mass is 17.1. The lowest BCUT2D eigenvalue weighted by molar-refractivity contribution is -0.575. The molecule has 1 aromatic carbocycles. The number of ether oxygens (including phenoxy) is 1. The molecule has 1 heterocycles. The van der Waals surface area contributed by atoms with E-state index in [0.717, 1.165) is 0 Å². The van der Waals surface area contributed by atoms with Crippen molar-refractivity contribution < 1.29 is 14.4 Å². The van der Waals surface area contributed by atoms with Crippen molar-refractivity contribution in [1.82, 2.24) is 5.23 Å². The topological polar surface area (TPSA) is 30.9 Å². The Hall–Kier alpha value is -0.940. The van der Waals surface area contributed by atoms with Gasteiger partial charge in [-0.2, -0.15) is 0 Å². The maximum absolute atomic E-state index is 5.42. The number of hydrogen-bond donors (Lipinski definition) is 0. The lowest BCUT2D eigenvalue weighted by atomic mass is 10.0. The summed E-state index contributed by atoms with van der Waals surface area (Å²) in [5.74, 6) is 0. The third-order valence-corrected chi connectivity index (χ3v) is 2.54. The summed E-state index contributed by atoms with van der Waals surface area (Å²) in [5, 5.41) is 1.40. The van der Waals surface area contributed by atoms with Crippen LogP contribution in [0.15, 0.2) is 30.3 Å². The zero-order chi connectivity index (χ0) is 10.7. The van der Waals surface area contributed by atoms with Crippen LogP contribution >= 0.6 is 0 Å². The zero-order valence-electron chi connectivity index (χ0n) is 8.97. The maximum atomic E-state index is 5.42. The van der Waals surface area contributed by atoms with Crippen molar-refractivity contribution in [3.05, 3.63) is 35.9 Å². The standard InChI is InChI=1S/C11H15NO3/c1-11(13-2,12-14-9-15-12)8-10-6-4-3-5-7-10/h3-7H,8-9H2,1-2H3. The maximum Gasteiger partial charge on any atom is 0.193 e. The summed E-state index contributed by atoms with van der Waals surface area (Å²) < 4.78 is 5.42. The first-order valence-corrected chi connectivity index (χ1v) is 4.90. The molecular weight excluding hydrogens is 194 g/mol. The van der Waals surface area contributed by atoms with Gasteiger partial charge < -0.3 is 4.74 Å². The van der Waals surface area contributed by atoms with Gasteiger partial charge in [0.2, 0.25) is 0 Å².